The Morgan fingerprint density at radius 2 is 1.87 bits per heavy atom. The third-order valence-corrected chi connectivity index (χ3v) is 5.01. The van der Waals surface area contributed by atoms with E-state index >= 15 is 0 Å². The number of halogens is 4. The summed E-state index contributed by atoms with van der Waals surface area (Å²) in [7, 11) is 0. The first kappa shape index (κ1) is 22.1. The van der Waals surface area contributed by atoms with Crippen molar-refractivity contribution in [3.05, 3.63) is 45.9 Å². The van der Waals surface area contributed by atoms with E-state index in [1.807, 2.05) is 20.8 Å². The van der Waals surface area contributed by atoms with Crippen molar-refractivity contribution in [2.45, 2.75) is 53.0 Å². The minimum absolute atomic E-state index is 0.00272. The molecule has 2 aromatic rings. The Labute approximate surface area is 177 Å². The van der Waals surface area contributed by atoms with Gasteiger partial charge in [0.05, 0.1) is 30.4 Å². The van der Waals surface area contributed by atoms with Gasteiger partial charge >= 0.3 is 6.18 Å². The van der Waals surface area contributed by atoms with Crippen molar-refractivity contribution >= 4 is 29.0 Å². The van der Waals surface area contributed by atoms with E-state index in [1.54, 1.807) is 11.8 Å². The summed E-state index contributed by atoms with van der Waals surface area (Å²) >= 11 is 6.05. The summed E-state index contributed by atoms with van der Waals surface area (Å²) in [4.78, 5) is 22.7. The van der Waals surface area contributed by atoms with Gasteiger partial charge in [0.2, 0.25) is 11.2 Å². The largest absolute Gasteiger partial charge is 0.416 e. The molecular weight excluding hydrogens is 419 g/mol. The lowest BCUT2D eigenvalue weighted by molar-refractivity contribution is -0.140. The predicted octanol–water partition coefficient (Wildman–Crippen LogP) is 4.79. The van der Waals surface area contributed by atoms with Gasteiger partial charge in [-0.3, -0.25) is 4.79 Å². The fourth-order valence-corrected chi connectivity index (χ4v) is 3.53. The fourth-order valence-electron chi connectivity index (χ4n) is 3.34. The van der Waals surface area contributed by atoms with E-state index in [2.05, 4.69) is 15.3 Å². The number of fused-ring (bicyclic) bond motifs is 1. The molecule has 0 unspecified atom stereocenters. The standard InChI is InChI=1S/C20H23ClF3N5O/c1-10(11-5-12(20(22,23)24)7-13(25)6-11)26-16-14-8-29(17(30)19(2,3)4)9-15(14)27-18(21)28-16/h5-7,10H,8-9,25H2,1-4H3,(H,26,27,28)/t10-/m1/s1. The van der Waals surface area contributed by atoms with Crippen LogP contribution < -0.4 is 11.1 Å². The minimum Gasteiger partial charge on any atom is -0.399 e. The van der Waals surface area contributed by atoms with Crippen LogP contribution in [0.2, 0.25) is 5.28 Å². The van der Waals surface area contributed by atoms with Crippen molar-refractivity contribution in [1.82, 2.24) is 14.9 Å². The van der Waals surface area contributed by atoms with Gasteiger partial charge in [-0.05, 0) is 42.3 Å². The Morgan fingerprint density at radius 3 is 2.47 bits per heavy atom. The van der Waals surface area contributed by atoms with Gasteiger partial charge in [0.25, 0.3) is 0 Å². The number of carbonyl (C=O) groups is 1. The molecule has 0 radical (unpaired) electrons. The molecule has 0 saturated heterocycles. The van der Waals surface area contributed by atoms with Crippen LogP contribution in [0.3, 0.4) is 0 Å². The molecule has 1 aliphatic heterocycles. The van der Waals surface area contributed by atoms with Gasteiger partial charge in [0.15, 0.2) is 0 Å². The number of hydrogen-bond donors (Lipinski definition) is 2. The number of anilines is 2. The number of nitrogens with two attached hydrogens (primary N) is 1. The van der Waals surface area contributed by atoms with Gasteiger partial charge in [-0.1, -0.05) is 20.8 Å². The maximum atomic E-state index is 13.1. The summed E-state index contributed by atoms with van der Waals surface area (Å²) in [6.45, 7) is 7.78. The molecule has 1 amide bonds. The van der Waals surface area contributed by atoms with E-state index < -0.39 is 23.2 Å². The number of benzene rings is 1. The molecule has 2 heterocycles. The highest BCUT2D eigenvalue weighted by atomic mass is 35.5. The molecular formula is C20H23ClF3N5O. The topological polar surface area (TPSA) is 84.1 Å². The van der Waals surface area contributed by atoms with Crippen molar-refractivity contribution in [3.63, 3.8) is 0 Å². The Balaban J connectivity index is 1.90. The monoisotopic (exact) mass is 441 g/mol. The summed E-state index contributed by atoms with van der Waals surface area (Å²) < 4.78 is 39.4. The molecule has 0 fully saturated rings. The average molecular weight is 442 g/mol. The first-order valence-corrected chi connectivity index (χ1v) is 9.72. The number of hydrogen-bond acceptors (Lipinski definition) is 5. The van der Waals surface area contributed by atoms with Gasteiger partial charge in [-0.15, -0.1) is 0 Å². The van der Waals surface area contributed by atoms with Crippen LogP contribution >= 0.6 is 11.6 Å². The molecule has 30 heavy (non-hydrogen) atoms. The highest BCUT2D eigenvalue weighted by Crippen LogP contribution is 2.35. The van der Waals surface area contributed by atoms with Crippen LogP contribution in [-0.4, -0.2) is 20.8 Å². The minimum atomic E-state index is -4.50. The molecule has 1 aromatic heterocycles. The van der Waals surface area contributed by atoms with Crippen molar-refractivity contribution in [2.24, 2.45) is 5.41 Å². The van der Waals surface area contributed by atoms with Crippen LogP contribution in [0.25, 0.3) is 0 Å². The van der Waals surface area contributed by atoms with Gasteiger partial charge in [0, 0.05) is 16.7 Å². The van der Waals surface area contributed by atoms with Crippen molar-refractivity contribution in [2.75, 3.05) is 11.1 Å². The molecule has 0 spiro atoms. The molecule has 0 saturated carbocycles. The SMILES string of the molecule is C[C@@H](Nc1nc(Cl)nc2c1CN(C(=O)C(C)(C)C)C2)c1cc(N)cc(C(F)(F)F)c1. The second-order valence-electron chi connectivity index (χ2n) is 8.43. The van der Waals surface area contributed by atoms with Crippen LogP contribution in [0.15, 0.2) is 18.2 Å². The van der Waals surface area contributed by atoms with Crippen molar-refractivity contribution < 1.29 is 18.0 Å². The number of nitrogens with zero attached hydrogens (tertiary/aromatic N) is 3. The molecule has 0 bridgehead atoms. The Kier molecular flexibility index (Phi) is 5.62. The quantitative estimate of drug-likeness (QED) is 0.528. The van der Waals surface area contributed by atoms with E-state index in [9.17, 15) is 18.0 Å². The molecule has 10 heteroatoms. The summed E-state index contributed by atoms with van der Waals surface area (Å²) in [6.07, 6.45) is -4.50. The number of rotatable bonds is 3. The van der Waals surface area contributed by atoms with Gasteiger partial charge in [-0.2, -0.15) is 13.2 Å². The highest BCUT2D eigenvalue weighted by Gasteiger charge is 2.35. The van der Waals surface area contributed by atoms with Crippen LogP contribution in [0.5, 0.6) is 0 Å². The summed E-state index contributed by atoms with van der Waals surface area (Å²) in [5.41, 5.74) is 5.98. The normalized spacial score (nSPS) is 15.1. The molecule has 1 atom stereocenters. The Bertz CT molecular complexity index is 988. The molecule has 3 N–H and O–H groups in total. The van der Waals surface area contributed by atoms with Crippen LogP contribution in [0.1, 0.15) is 56.1 Å². The number of amides is 1. The number of aromatic nitrogens is 2. The van der Waals surface area contributed by atoms with Gasteiger partial charge in [0.1, 0.15) is 5.82 Å². The molecule has 1 aromatic carbocycles. The first-order chi connectivity index (χ1) is 13.8. The highest BCUT2D eigenvalue weighted by molar-refractivity contribution is 6.28. The zero-order valence-electron chi connectivity index (χ0n) is 17.1. The van der Waals surface area contributed by atoms with Crippen LogP contribution in [0, 0.1) is 5.41 Å². The Morgan fingerprint density at radius 1 is 1.20 bits per heavy atom. The second-order valence-corrected chi connectivity index (χ2v) is 8.77. The zero-order chi connectivity index (χ0) is 22.4. The van der Waals surface area contributed by atoms with Gasteiger partial charge < -0.3 is 16.0 Å². The van der Waals surface area contributed by atoms with Crippen molar-refractivity contribution in [3.8, 4) is 0 Å². The fraction of sp³-hybridized carbons (Fsp3) is 0.450. The lowest BCUT2D eigenvalue weighted by Gasteiger charge is -2.25. The summed E-state index contributed by atoms with van der Waals surface area (Å²) in [6, 6.07) is 2.88. The number of alkyl halides is 3. The van der Waals surface area contributed by atoms with Crippen molar-refractivity contribution in [1.29, 1.82) is 0 Å². The number of nitrogens with one attached hydrogen (secondary N) is 1. The average Bonchev–Trinajstić information content (AvgIpc) is 3.02. The summed E-state index contributed by atoms with van der Waals surface area (Å²) in [5, 5.41) is 3.10. The molecule has 0 aliphatic carbocycles. The number of carbonyl (C=O) groups excluding carboxylic acids is 1. The molecule has 162 valence electrons. The van der Waals surface area contributed by atoms with Gasteiger partial charge in [-0.25, -0.2) is 9.97 Å². The first-order valence-electron chi connectivity index (χ1n) is 9.34. The van der Waals surface area contributed by atoms with Crippen LogP contribution in [-0.2, 0) is 24.1 Å². The second kappa shape index (κ2) is 7.61. The maximum absolute atomic E-state index is 13.1. The van der Waals surface area contributed by atoms with E-state index in [0.717, 1.165) is 12.1 Å². The summed E-state index contributed by atoms with van der Waals surface area (Å²) in [5.74, 6) is 0.346. The molecule has 1 aliphatic rings. The molecule has 6 nitrogen and oxygen atoms in total. The van der Waals surface area contributed by atoms with E-state index in [-0.39, 0.29) is 16.9 Å². The molecule has 3 rings (SSSR count). The van der Waals surface area contributed by atoms with Crippen LogP contribution in [0.4, 0.5) is 24.7 Å². The third-order valence-electron chi connectivity index (χ3n) is 4.84. The van der Waals surface area contributed by atoms with E-state index in [1.165, 1.54) is 6.07 Å². The smallest absolute Gasteiger partial charge is 0.399 e. The Hall–Kier alpha value is -2.55. The third kappa shape index (κ3) is 4.61. The lowest BCUT2D eigenvalue weighted by atomic mass is 9.95. The maximum Gasteiger partial charge on any atom is 0.416 e. The van der Waals surface area contributed by atoms with E-state index in [4.69, 9.17) is 17.3 Å². The predicted molar refractivity (Wildman–Crippen MR) is 109 cm³/mol. The number of nitrogen functional groups attached to an aromatic ring is 1. The van der Waals surface area contributed by atoms with E-state index in [0.29, 0.717) is 35.7 Å². The zero-order valence-corrected chi connectivity index (χ0v) is 17.8. The lowest BCUT2D eigenvalue weighted by Crippen LogP contribution is -2.35.